The molecule has 0 atom stereocenters. The summed E-state index contributed by atoms with van der Waals surface area (Å²) in [6.45, 7) is -1.34. The molecule has 1 fully saturated rings. The maximum atomic E-state index is 12.6. The van der Waals surface area contributed by atoms with Gasteiger partial charge in [0.1, 0.15) is 12.3 Å². The van der Waals surface area contributed by atoms with Gasteiger partial charge in [0.25, 0.3) is 0 Å². The molecule has 1 saturated carbocycles. The Hall–Kier alpha value is -1.46. The van der Waals surface area contributed by atoms with E-state index in [1.165, 1.54) is 6.26 Å². The van der Waals surface area contributed by atoms with Gasteiger partial charge in [-0.1, -0.05) is 19.3 Å². The molecule has 0 radical (unpaired) electrons. The zero-order valence-electron chi connectivity index (χ0n) is 11.2. The fraction of sp³-hybridized carbons (Fsp3) is 0.643. The summed E-state index contributed by atoms with van der Waals surface area (Å²) >= 11 is 0. The molecule has 20 heavy (non-hydrogen) atoms. The fourth-order valence-corrected chi connectivity index (χ4v) is 2.63. The van der Waals surface area contributed by atoms with Gasteiger partial charge >= 0.3 is 6.18 Å². The highest BCUT2D eigenvalue weighted by Gasteiger charge is 2.36. The molecule has 0 aliphatic heterocycles. The van der Waals surface area contributed by atoms with Gasteiger partial charge in [-0.3, -0.25) is 4.79 Å². The Morgan fingerprint density at radius 3 is 2.55 bits per heavy atom. The molecule has 1 amide bonds. The van der Waals surface area contributed by atoms with Crippen LogP contribution < -0.4 is 0 Å². The molecule has 0 bridgehead atoms. The van der Waals surface area contributed by atoms with Crippen molar-refractivity contribution in [2.24, 2.45) is 5.92 Å². The van der Waals surface area contributed by atoms with Gasteiger partial charge in [0, 0.05) is 5.92 Å². The van der Waals surface area contributed by atoms with Crippen LogP contribution in [0.1, 0.15) is 37.9 Å². The van der Waals surface area contributed by atoms with Crippen molar-refractivity contribution in [1.29, 1.82) is 0 Å². The van der Waals surface area contributed by atoms with Crippen LogP contribution in [0.15, 0.2) is 22.8 Å². The lowest BCUT2D eigenvalue weighted by Crippen LogP contribution is -2.42. The highest BCUT2D eigenvalue weighted by molar-refractivity contribution is 5.79. The van der Waals surface area contributed by atoms with Crippen LogP contribution in [-0.2, 0) is 11.3 Å². The van der Waals surface area contributed by atoms with Gasteiger partial charge in [-0.25, -0.2) is 0 Å². The van der Waals surface area contributed by atoms with Crippen molar-refractivity contribution < 1.29 is 22.4 Å². The van der Waals surface area contributed by atoms with E-state index >= 15 is 0 Å². The fourth-order valence-electron chi connectivity index (χ4n) is 2.63. The molecular weight excluding hydrogens is 271 g/mol. The van der Waals surface area contributed by atoms with Crippen molar-refractivity contribution in [2.75, 3.05) is 6.54 Å². The summed E-state index contributed by atoms with van der Waals surface area (Å²) in [7, 11) is 0. The number of hydrogen-bond acceptors (Lipinski definition) is 2. The minimum Gasteiger partial charge on any atom is -0.467 e. The topological polar surface area (TPSA) is 33.5 Å². The lowest BCUT2D eigenvalue weighted by atomic mass is 9.88. The second-order valence-corrected chi connectivity index (χ2v) is 5.22. The van der Waals surface area contributed by atoms with Crippen molar-refractivity contribution in [1.82, 2.24) is 4.90 Å². The Bertz CT molecular complexity index is 422. The Morgan fingerprint density at radius 1 is 1.30 bits per heavy atom. The van der Waals surface area contributed by atoms with E-state index in [4.69, 9.17) is 4.42 Å². The van der Waals surface area contributed by atoms with Crippen molar-refractivity contribution in [2.45, 2.75) is 44.8 Å². The number of halogens is 3. The summed E-state index contributed by atoms with van der Waals surface area (Å²) in [5, 5.41) is 0. The SMILES string of the molecule is O=C(C1CCCCC1)N(Cc1ccco1)CC(F)(F)F. The van der Waals surface area contributed by atoms with Crippen LogP contribution in [0.4, 0.5) is 13.2 Å². The number of carbonyl (C=O) groups excluding carboxylic acids is 1. The minimum atomic E-state index is -4.39. The second kappa shape index (κ2) is 6.33. The maximum absolute atomic E-state index is 12.6. The number of amides is 1. The van der Waals surface area contributed by atoms with Crippen LogP contribution >= 0.6 is 0 Å². The van der Waals surface area contributed by atoms with Gasteiger partial charge in [-0.05, 0) is 25.0 Å². The van der Waals surface area contributed by atoms with Crippen LogP contribution in [0, 0.1) is 5.92 Å². The summed E-state index contributed by atoms with van der Waals surface area (Å²) in [5.74, 6) is -0.308. The number of nitrogens with zero attached hydrogens (tertiary/aromatic N) is 1. The lowest BCUT2D eigenvalue weighted by molar-refractivity contribution is -0.166. The summed E-state index contributed by atoms with van der Waals surface area (Å²) in [4.78, 5) is 13.2. The van der Waals surface area contributed by atoms with Gasteiger partial charge in [-0.15, -0.1) is 0 Å². The monoisotopic (exact) mass is 289 g/mol. The van der Waals surface area contributed by atoms with Crippen molar-refractivity contribution >= 4 is 5.91 Å². The van der Waals surface area contributed by atoms with E-state index < -0.39 is 18.6 Å². The predicted molar refractivity (Wildman–Crippen MR) is 66.8 cm³/mol. The molecule has 112 valence electrons. The largest absolute Gasteiger partial charge is 0.467 e. The average Bonchev–Trinajstić information content (AvgIpc) is 2.89. The third kappa shape index (κ3) is 4.28. The minimum absolute atomic E-state index is 0.123. The van der Waals surface area contributed by atoms with E-state index in [0.29, 0.717) is 18.6 Å². The summed E-state index contributed by atoms with van der Waals surface area (Å²) in [6, 6.07) is 3.18. The molecule has 6 heteroatoms. The van der Waals surface area contributed by atoms with E-state index in [0.717, 1.165) is 24.2 Å². The van der Waals surface area contributed by atoms with E-state index in [1.807, 2.05) is 0 Å². The van der Waals surface area contributed by atoms with Crippen molar-refractivity contribution in [3.05, 3.63) is 24.2 Å². The van der Waals surface area contributed by atoms with Crippen molar-refractivity contribution in [3.63, 3.8) is 0 Å². The zero-order valence-corrected chi connectivity index (χ0v) is 11.2. The predicted octanol–water partition coefficient (Wildman–Crippen LogP) is 3.75. The smallest absolute Gasteiger partial charge is 0.406 e. The molecule has 2 rings (SSSR count). The molecule has 1 aromatic heterocycles. The first-order chi connectivity index (χ1) is 9.46. The Labute approximate surface area is 115 Å². The van der Waals surface area contributed by atoms with E-state index in [1.54, 1.807) is 12.1 Å². The molecule has 1 aliphatic carbocycles. The van der Waals surface area contributed by atoms with Crippen LogP contribution in [0.25, 0.3) is 0 Å². The molecule has 1 aromatic rings. The summed E-state index contributed by atoms with van der Waals surface area (Å²) in [5.41, 5.74) is 0. The number of carbonyl (C=O) groups is 1. The Morgan fingerprint density at radius 2 is 2.00 bits per heavy atom. The van der Waals surface area contributed by atoms with Crippen LogP contribution in [-0.4, -0.2) is 23.5 Å². The molecular formula is C14H18F3NO2. The van der Waals surface area contributed by atoms with Crippen LogP contribution in [0.5, 0.6) is 0 Å². The van der Waals surface area contributed by atoms with Gasteiger partial charge in [0.05, 0.1) is 12.8 Å². The van der Waals surface area contributed by atoms with Gasteiger partial charge in [0.15, 0.2) is 0 Å². The number of hydrogen-bond donors (Lipinski definition) is 0. The number of alkyl halides is 3. The molecule has 1 heterocycles. The maximum Gasteiger partial charge on any atom is 0.406 e. The van der Waals surface area contributed by atoms with Gasteiger partial charge in [-0.2, -0.15) is 13.2 Å². The Kier molecular flexibility index (Phi) is 4.73. The molecule has 0 unspecified atom stereocenters. The zero-order chi connectivity index (χ0) is 14.6. The van der Waals surface area contributed by atoms with E-state index in [-0.39, 0.29) is 12.5 Å². The number of rotatable bonds is 4. The van der Waals surface area contributed by atoms with Gasteiger partial charge < -0.3 is 9.32 Å². The van der Waals surface area contributed by atoms with Crippen LogP contribution in [0.3, 0.4) is 0 Å². The summed E-state index contributed by atoms with van der Waals surface area (Å²) < 4.78 is 43.0. The molecule has 1 aliphatic rings. The first-order valence-electron chi connectivity index (χ1n) is 6.83. The second-order valence-electron chi connectivity index (χ2n) is 5.22. The highest BCUT2D eigenvalue weighted by atomic mass is 19.4. The molecule has 0 aromatic carbocycles. The quantitative estimate of drug-likeness (QED) is 0.845. The molecule has 0 saturated heterocycles. The van der Waals surface area contributed by atoms with Gasteiger partial charge in [0.2, 0.25) is 5.91 Å². The highest BCUT2D eigenvalue weighted by Crippen LogP contribution is 2.27. The number of furan rings is 1. The summed E-state index contributed by atoms with van der Waals surface area (Å²) in [6.07, 6.45) is 1.26. The molecule has 3 nitrogen and oxygen atoms in total. The Balaban J connectivity index is 2.06. The first kappa shape index (κ1) is 14.9. The van der Waals surface area contributed by atoms with Crippen LogP contribution in [0.2, 0.25) is 0 Å². The van der Waals surface area contributed by atoms with E-state index in [9.17, 15) is 18.0 Å². The third-order valence-corrected chi connectivity index (χ3v) is 3.56. The molecule has 0 spiro atoms. The normalized spacial score (nSPS) is 17.1. The lowest BCUT2D eigenvalue weighted by Gasteiger charge is -2.29. The molecule has 0 N–H and O–H groups in total. The third-order valence-electron chi connectivity index (χ3n) is 3.56. The average molecular weight is 289 g/mol. The van der Waals surface area contributed by atoms with Crippen molar-refractivity contribution in [3.8, 4) is 0 Å². The van der Waals surface area contributed by atoms with E-state index in [2.05, 4.69) is 0 Å². The standard InChI is InChI=1S/C14H18F3NO2/c15-14(16,17)10-18(9-12-7-4-8-20-12)13(19)11-5-2-1-3-6-11/h4,7-8,11H,1-3,5-6,9-10H2. The first-order valence-corrected chi connectivity index (χ1v) is 6.83.